The number of carbonyl (C=O) groups is 2. The molecule has 5 nitrogen and oxygen atoms in total. The van der Waals surface area contributed by atoms with Crippen molar-refractivity contribution in [2.75, 3.05) is 19.6 Å². The van der Waals surface area contributed by atoms with Gasteiger partial charge in [0.25, 0.3) is 11.8 Å². The number of nitrogens with zero attached hydrogens (tertiary/aromatic N) is 2. The van der Waals surface area contributed by atoms with Crippen LogP contribution in [-0.2, 0) is 0 Å². The maximum Gasteiger partial charge on any atom is 0.272 e. The Morgan fingerprint density at radius 3 is 1.90 bits per heavy atom. The van der Waals surface area contributed by atoms with E-state index in [1.807, 2.05) is 60.7 Å². The Bertz CT molecular complexity index is 819. The molecule has 0 radical (unpaired) electrons. The van der Waals surface area contributed by atoms with E-state index < -0.39 is 0 Å². The molecular weight excluding hydrogens is 362 g/mol. The summed E-state index contributed by atoms with van der Waals surface area (Å²) in [6, 6.07) is 18.7. The number of benzene rings is 2. The number of hydrogen-bond donors (Lipinski definition) is 1. The number of hydrogen-bond acceptors (Lipinski definition) is 3. The summed E-state index contributed by atoms with van der Waals surface area (Å²) in [5.74, 6) is 0.321. The molecule has 152 valence electrons. The molecule has 1 atom stereocenters. The van der Waals surface area contributed by atoms with Crippen LogP contribution in [0.25, 0.3) is 0 Å². The molecule has 2 amide bonds. The molecule has 0 bridgehead atoms. The van der Waals surface area contributed by atoms with Crippen LogP contribution in [0, 0.1) is 5.92 Å². The number of carbonyl (C=O) groups excluding carboxylic acids is 2. The zero-order chi connectivity index (χ0) is 20.1. The van der Waals surface area contributed by atoms with Gasteiger partial charge in [-0.05, 0) is 43.0 Å². The van der Waals surface area contributed by atoms with Crippen LogP contribution in [0.15, 0.2) is 60.7 Å². The van der Waals surface area contributed by atoms with Crippen LogP contribution >= 0.6 is 0 Å². The highest BCUT2D eigenvalue weighted by Crippen LogP contribution is 2.28. The fourth-order valence-corrected chi connectivity index (χ4v) is 4.54. The minimum absolute atomic E-state index is 0.112. The molecule has 0 spiro atoms. The van der Waals surface area contributed by atoms with E-state index in [-0.39, 0.29) is 17.9 Å². The first kappa shape index (κ1) is 19.6. The summed E-state index contributed by atoms with van der Waals surface area (Å²) in [6.07, 6.45) is 6.19. The lowest BCUT2D eigenvalue weighted by Crippen LogP contribution is -2.52. The smallest absolute Gasteiger partial charge is 0.272 e. The third-order valence-corrected chi connectivity index (χ3v) is 6.12. The van der Waals surface area contributed by atoms with Crippen LogP contribution in [0.5, 0.6) is 0 Å². The fraction of sp³-hybridized carbons (Fsp3) is 0.417. The molecule has 1 saturated carbocycles. The quantitative estimate of drug-likeness (QED) is 0.867. The second kappa shape index (κ2) is 9.23. The molecular formula is C24H29N3O2. The molecule has 1 aliphatic carbocycles. The molecule has 5 heteroatoms. The van der Waals surface area contributed by atoms with Crippen molar-refractivity contribution in [3.05, 3.63) is 71.8 Å². The SMILES string of the molecule is O=C(c1ccccc1)N1CCNC(C2CCCCC2)CN1C(=O)c1ccccc1. The van der Waals surface area contributed by atoms with Crippen LogP contribution in [-0.4, -0.2) is 47.5 Å². The third-order valence-electron chi connectivity index (χ3n) is 6.12. The summed E-state index contributed by atoms with van der Waals surface area (Å²) in [5.41, 5.74) is 1.22. The van der Waals surface area contributed by atoms with Gasteiger partial charge >= 0.3 is 0 Å². The highest BCUT2D eigenvalue weighted by atomic mass is 16.2. The Kier molecular flexibility index (Phi) is 6.25. The van der Waals surface area contributed by atoms with E-state index in [9.17, 15) is 9.59 Å². The van der Waals surface area contributed by atoms with E-state index in [0.717, 1.165) is 0 Å². The minimum Gasteiger partial charge on any atom is -0.310 e. The van der Waals surface area contributed by atoms with Crippen molar-refractivity contribution < 1.29 is 9.59 Å². The third kappa shape index (κ3) is 4.51. The van der Waals surface area contributed by atoms with Gasteiger partial charge in [-0.25, -0.2) is 10.0 Å². The van der Waals surface area contributed by atoms with E-state index in [1.165, 1.54) is 32.1 Å². The van der Waals surface area contributed by atoms with Crippen molar-refractivity contribution in [3.8, 4) is 0 Å². The fourth-order valence-electron chi connectivity index (χ4n) is 4.54. The first-order valence-corrected chi connectivity index (χ1v) is 10.7. The zero-order valence-electron chi connectivity index (χ0n) is 16.8. The van der Waals surface area contributed by atoms with Crippen molar-refractivity contribution >= 4 is 11.8 Å². The van der Waals surface area contributed by atoms with Crippen molar-refractivity contribution in [1.82, 2.24) is 15.3 Å². The van der Waals surface area contributed by atoms with Gasteiger partial charge in [0, 0.05) is 23.7 Å². The molecule has 2 aromatic rings. The van der Waals surface area contributed by atoms with E-state index in [4.69, 9.17) is 0 Å². The van der Waals surface area contributed by atoms with Crippen LogP contribution < -0.4 is 5.32 Å². The molecule has 2 fully saturated rings. The second-order valence-electron chi connectivity index (χ2n) is 8.01. The minimum atomic E-state index is -0.124. The van der Waals surface area contributed by atoms with Gasteiger partial charge in [-0.2, -0.15) is 0 Å². The predicted octanol–water partition coefficient (Wildman–Crippen LogP) is 3.74. The standard InChI is InChI=1S/C24H29N3O2/c28-23(20-12-6-2-7-13-20)26-17-16-25-22(19-10-4-1-5-11-19)18-27(26)24(29)21-14-8-3-9-15-21/h2-3,6-9,12-15,19,22,25H,1,4-5,10-11,16-18H2. The highest BCUT2D eigenvalue weighted by Gasteiger charge is 2.35. The zero-order valence-corrected chi connectivity index (χ0v) is 16.8. The van der Waals surface area contributed by atoms with Gasteiger partial charge < -0.3 is 5.32 Å². The molecule has 2 aromatic carbocycles. The van der Waals surface area contributed by atoms with Crippen molar-refractivity contribution in [2.45, 2.75) is 38.1 Å². The van der Waals surface area contributed by atoms with Crippen LogP contribution in [0.3, 0.4) is 0 Å². The second-order valence-corrected chi connectivity index (χ2v) is 8.01. The van der Waals surface area contributed by atoms with E-state index in [0.29, 0.717) is 36.7 Å². The summed E-state index contributed by atoms with van der Waals surface area (Å²) in [5, 5.41) is 6.96. The van der Waals surface area contributed by atoms with Crippen molar-refractivity contribution in [1.29, 1.82) is 0 Å². The predicted molar refractivity (Wildman–Crippen MR) is 113 cm³/mol. The number of amides is 2. The molecule has 1 unspecified atom stereocenters. The number of hydrazine groups is 1. The van der Waals surface area contributed by atoms with Gasteiger partial charge in [0.05, 0.1) is 13.1 Å². The molecule has 1 aliphatic heterocycles. The topological polar surface area (TPSA) is 52.7 Å². The largest absolute Gasteiger partial charge is 0.310 e. The van der Waals surface area contributed by atoms with Gasteiger partial charge in [0.1, 0.15) is 0 Å². The van der Waals surface area contributed by atoms with Gasteiger partial charge in [-0.1, -0.05) is 55.7 Å². The number of rotatable bonds is 3. The van der Waals surface area contributed by atoms with Crippen LogP contribution in [0.1, 0.15) is 52.8 Å². The van der Waals surface area contributed by atoms with E-state index in [1.54, 1.807) is 10.0 Å². The van der Waals surface area contributed by atoms with E-state index >= 15 is 0 Å². The first-order chi connectivity index (χ1) is 14.2. The normalized spacial score (nSPS) is 20.9. The molecule has 1 N–H and O–H groups in total. The Morgan fingerprint density at radius 1 is 0.759 bits per heavy atom. The van der Waals surface area contributed by atoms with Crippen LogP contribution in [0.2, 0.25) is 0 Å². The Morgan fingerprint density at radius 2 is 1.31 bits per heavy atom. The van der Waals surface area contributed by atoms with Crippen molar-refractivity contribution in [2.24, 2.45) is 5.92 Å². The lowest BCUT2D eigenvalue weighted by molar-refractivity contribution is -0.00175. The van der Waals surface area contributed by atoms with Gasteiger partial charge in [0.15, 0.2) is 0 Å². The van der Waals surface area contributed by atoms with E-state index in [2.05, 4.69) is 5.32 Å². The lowest BCUT2D eigenvalue weighted by atomic mass is 9.83. The first-order valence-electron chi connectivity index (χ1n) is 10.7. The lowest BCUT2D eigenvalue weighted by Gasteiger charge is -2.36. The summed E-state index contributed by atoms with van der Waals surface area (Å²) < 4.78 is 0. The Balaban J connectivity index is 1.63. The average molecular weight is 392 g/mol. The summed E-state index contributed by atoms with van der Waals surface area (Å²) in [4.78, 5) is 26.7. The Hall–Kier alpha value is -2.66. The van der Waals surface area contributed by atoms with Crippen molar-refractivity contribution in [3.63, 3.8) is 0 Å². The maximum absolute atomic E-state index is 13.4. The molecule has 2 aliphatic rings. The number of nitrogens with one attached hydrogen (secondary N) is 1. The molecule has 0 aromatic heterocycles. The van der Waals surface area contributed by atoms with Gasteiger partial charge in [-0.15, -0.1) is 0 Å². The van der Waals surface area contributed by atoms with Gasteiger partial charge in [0.2, 0.25) is 0 Å². The Labute approximate surface area is 172 Å². The highest BCUT2D eigenvalue weighted by molar-refractivity contribution is 5.99. The monoisotopic (exact) mass is 391 g/mol. The molecule has 1 saturated heterocycles. The average Bonchev–Trinajstić information content (AvgIpc) is 3.03. The molecule has 29 heavy (non-hydrogen) atoms. The summed E-state index contributed by atoms with van der Waals surface area (Å²) in [7, 11) is 0. The maximum atomic E-state index is 13.4. The molecule has 4 rings (SSSR count). The van der Waals surface area contributed by atoms with Gasteiger partial charge in [-0.3, -0.25) is 9.59 Å². The molecule has 1 heterocycles. The summed E-state index contributed by atoms with van der Waals surface area (Å²) in [6.45, 7) is 1.70. The summed E-state index contributed by atoms with van der Waals surface area (Å²) >= 11 is 0. The van der Waals surface area contributed by atoms with Crippen LogP contribution in [0.4, 0.5) is 0 Å².